The number of para-hydroxylation sites is 1. The van der Waals surface area contributed by atoms with Crippen molar-refractivity contribution < 1.29 is 35.9 Å². The lowest BCUT2D eigenvalue weighted by Crippen LogP contribution is -2.33. The molecule has 10 nitrogen and oxygen atoms in total. The molecule has 4 rings (SSSR count). The summed E-state index contributed by atoms with van der Waals surface area (Å²) in [6.45, 7) is 6.66. The van der Waals surface area contributed by atoms with Crippen molar-refractivity contribution in [2.24, 2.45) is 0 Å². The maximum Gasteiger partial charge on any atom is 0.435 e. The van der Waals surface area contributed by atoms with Gasteiger partial charge in [0.1, 0.15) is 5.60 Å². The molecule has 0 spiro atoms. The zero-order chi connectivity index (χ0) is 31.9. The van der Waals surface area contributed by atoms with Crippen LogP contribution in [0.4, 0.5) is 29.5 Å². The molecule has 2 heterocycles. The molecule has 0 saturated carbocycles. The van der Waals surface area contributed by atoms with Gasteiger partial charge in [-0.15, -0.1) is 5.10 Å². The van der Waals surface area contributed by atoms with Gasteiger partial charge in [-0.3, -0.25) is 14.4 Å². The van der Waals surface area contributed by atoms with Crippen molar-refractivity contribution in [1.82, 2.24) is 14.8 Å². The third-order valence-corrected chi connectivity index (χ3v) is 7.71. The van der Waals surface area contributed by atoms with Crippen LogP contribution in [0.1, 0.15) is 43.7 Å². The molecule has 1 amide bonds. The Bertz CT molecular complexity index is 1840. The minimum Gasteiger partial charge on any atom is -0.442 e. The van der Waals surface area contributed by atoms with Crippen LogP contribution in [0, 0.1) is 0 Å². The van der Waals surface area contributed by atoms with Crippen molar-refractivity contribution in [3.8, 4) is 0 Å². The first-order valence-electron chi connectivity index (χ1n) is 12.5. The van der Waals surface area contributed by atoms with Gasteiger partial charge in [-0.1, -0.05) is 35.3 Å². The second-order valence-electron chi connectivity index (χ2n) is 10.1. The van der Waals surface area contributed by atoms with Gasteiger partial charge < -0.3 is 4.74 Å². The lowest BCUT2D eigenvalue weighted by molar-refractivity contribution is -0.137. The monoisotopic (exact) mass is 657 g/mol. The van der Waals surface area contributed by atoms with Gasteiger partial charge in [0.15, 0.2) is 11.5 Å². The van der Waals surface area contributed by atoms with E-state index in [1.807, 2.05) is 0 Å². The predicted octanol–water partition coefficient (Wildman–Crippen LogP) is 7.01. The van der Waals surface area contributed by atoms with E-state index in [9.17, 15) is 31.2 Å². The molecule has 0 aliphatic rings. The minimum absolute atomic E-state index is 0.00319. The highest BCUT2D eigenvalue weighted by Crippen LogP contribution is 2.37. The third kappa shape index (κ3) is 6.86. The lowest BCUT2D eigenvalue weighted by Gasteiger charge is -2.21. The molecule has 0 saturated heterocycles. The summed E-state index contributed by atoms with van der Waals surface area (Å²) in [5.74, 6) is -0.796. The Morgan fingerprint density at radius 1 is 1.07 bits per heavy atom. The maximum absolute atomic E-state index is 13.9. The quantitative estimate of drug-likeness (QED) is 0.237. The SMILES string of the molecule is CCN(C(=O)c1ncc(Cl)cc1NS(=O)(=O)c1ccc(Cl)c(C(F)(F)F)c1)c1nn(C(=O)OC(C)(C)C)c2ccccc12. The van der Waals surface area contributed by atoms with Crippen molar-refractivity contribution in [1.29, 1.82) is 0 Å². The first-order chi connectivity index (χ1) is 19.9. The summed E-state index contributed by atoms with van der Waals surface area (Å²) in [5, 5.41) is 3.98. The van der Waals surface area contributed by atoms with Crippen LogP contribution in [-0.4, -0.2) is 47.3 Å². The molecule has 0 aliphatic heterocycles. The molecule has 228 valence electrons. The van der Waals surface area contributed by atoms with E-state index in [0.717, 1.165) is 34.0 Å². The number of pyridine rings is 1. The van der Waals surface area contributed by atoms with Gasteiger partial charge >= 0.3 is 12.3 Å². The number of hydrogen-bond acceptors (Lipinski definition) is 7. The number of sulfonamides is 1. The molecule has 16 heteroatoms. The van der Waals surface area contributed by atoms with Crippen LogP contribution in [-0.2, 0) is 20.9 Å². The highest BCUT2D eigenvalue weighted by Gasteiger charge is 2.35. The summed E-state index contributed by atoms with van der Waals surface area (Å²) in [4.78, 5) is 31.2. The zero-order valence-corrected chi connectivity index (χ0v) is 25.4. The van der Waals surface area contributed by atoms with Gasteiger partial charge in [0.05, 0.1) is 31.7 Å². The highest BCUT2D eigenvalue weighted by molar-refractivity contribution is 7.92. The van der Waals surface area contributed by atoms with Gasteiger partial charge in [0.2, 0.25) is 0 Å². The molecular weight excluding hydrogens is 634 g/mol. The highest BCUT2D eigenvalue weighted by atomic mass is 35.5. The number of fused-ring (bicyclic) bond motifs is 1. The van der Waals surface area contributed by atoms with Crippen molar-refractivity contribution >= 4 is 67.6 Å². The summed E-state index contributed by atoms with van der Waals surface area (Å²) < 4.78 is 75.1. The van der Waals surface area contributed by atoms with E-state index in [0.29, 0.717) is 17.0 Å². The Labute approximate surface area is 254 Å². The van der Waals surface area contributed by atoms with Gasteiger partial charge in [-0.2, -0.15) is 17.9 Å². The van der Waals surface area contributed by atoms with Crippen LogP contribution in [0.5, 0.6) is 0 Å². The normalized spacial score (nSPS) is 12.3. The van der Waals surface area contributed by atoms with Crippen molar-refractivity contribution in [2.75, 3.05) is 16.2 Å². The molecule has 2 aromatic heterocycles. The third-order valence-electron chi connectivity index (χ3n) is 5.81. The Balaban J connectivity index is 1.77. The molecule has 0 aliphatic carbocycles. The molecule has 0 fully saturated rings. The smallest absolute Gasteiger partial charge is 0.435 e. The van der Waals surface area contributed by atoms with Crippen LogP contribution in [0.3, 0.4) is 0 Å². The molecule has 43 heavy (non-hydrogen) atoms. The largest absolute Gasteiger partial charge is 0.442 e. The van der Waals surface area contributed by atoms with Gasteiger partial charge in [0, 0.05) is 18.1 Å². The number of halogens is 5. The second-order valence-corrected chi connectivity index (χ2v) is 12.6. The standard InChI is InChI=1S/C27H24Cl2F3N5O5S/c1-5-36(23-17-8-6-7-9-21(17)37(34-23)25(39)42-26(2,3)4)24(38)22-20(12-15(28)14-33-22)35-43(40,41)16-10-11-19(29)18(13-16)27(30,31)32/h6-14,35H,5H2,1-4H3. The zero-order valence-electron chi connectivity index (χ0n) is 23.0. The fraction of sp³-hybridized carbons (Fsp3) is 0.259. The maximum atomic E-state index is 13.9. The molecule has 2 aromatic carbocycles. The Morgan fingerprint density at radius 3 is 2.37 bits per heavy atom. The average Bonchev–Trinajstić information content (AvgIpc) is 3.27. The first-order valence-corrected chi connectivity index (χ1v) is 14.7. The van der Waals surface area contributed by atoms with Crippen LogP contribution < -0.4 is 9.62 Å². The number of hydrogen-bond donors (Lipinski definition) is 1. The number of carbonyl (C=O) groups excluding carboxylic acids is 2. The molecule has 0 atom stereocenters. The average molecular weight is 658 g/mol. The second kappa shape index (κ2) is 11.7. The number of aromatic nitrogens is 3. The number of benzene rings is 2. The topological polar surface area (TPSA) is 123 Å². The molecule has 0 unspecified atom stereocenters. The minimum atomic E-state index is -4.92. The molecule has 4 aromatic rings. The number of amides is 1. The number of nitrogens with one attached hydrogen (secondary N) is 1. The summed E-state index contributed by atoms with van der Waals surface area (Å²) in [5.41, 5.74) is -2.70. The van der Waals surface area contributed by atoms with E-state index in [2.05, 4.69) is 14.8 Å². The summed E-state index contributed by atoms with van der Waals surface area (Å²) in [6.07, 6.45) is -4.62. The van der Waals surface area contributed by atoms with E-state index in [-0.39, 0.29) is 17.4 Å². The fourth-order valence-corrected chi connectivity index (χ4v) is 5.46. The number of ether oxygens (including phenoxy) is 1. The fourth-order valence-electron chi connectivity index (χ4n) is 3.99. The van der Waals surface area contributed by atoms with E-state index in [1.165, 1.54) is 0 Å². The Hall–Kier alpha value is -3.88. The Kier molecular flexibility index (Phi) is 8.69. The molecule has 1 N–H and O–H groups in total. The summed E-state index contributed by atoms with van der Waals surface area (Å²) in [7, 11) is -4.70. The van der Waals surface area contributed by atoms with Gasteiger partial charge in [-0.25, -0.2) is 18.2 Å². The van der Waals surface area contributed by atoms with Crippen LogP contribution in [0.25, 0.3) is 10.9 Å². The number of alkyl halides is 3. The van der Waals surface area contributed by atoms with Crippen LogP contribution in [0.2, 0.25) is 10.0 Å². The molecule has 0 bridgehead atoms. The number of rotatable bonds is 6. The number of anilines is 2. The Morgan fingerprint density at radius 2 is 1.74 bits per heavy atom. The molecule has 0 radical (unpaired) electrons. The first kappa shape index (κ1) is 32.0. The molecular formula is C27H24Cl2F3N5O5S. The van der Waals surface area contributed by atoms with E-state index in [4.69, 9.17) is 27.9 Å². The van der Waals surface area contributed by atoms with E-state index >= 15 is 0 Å². The van der Waals surface area contributed by atoms with E-state index < -0.39 is 60.7 Å². The lowest BCUT2D eigenvalue weighted by atomic mass is 10.2. The van der Waals surface area contributed by atoms with Crippen LogP contribution >= 0.6 is 23.2 Å². The van der Waals surface area contributed by atoms with Crippen LogP contribution in [0.15, 0.2) is 59.6 Å². The van der Waals surface area contributed by atoms with Gasteiger partial charge in [-0.05, 0) is 64.1 Å². The van der Waals surface area contributed by atoms with Crippen molar-refractivity contribution in [3.05, 3.63) is 76.0 Å². The summed E-state index contributed by atoms with van der Waals surface area (Å²) >= 11 is 11.7. The summed E-state index contributed by atoms with van der Waals surface area (Å²) in [6, 6.07) is 9.72. The van der Waals surface area contributed by atoms with Crippen molar-refractivity contribution in [3.63, 3.8) is 0 Å². The number of nitrogens with zero attached hydrogens (tertiary/aromatic N) is 4. The number of carbonyl (C=O) groups is 2. The van der Waals surface area contributed by atoms with Gasteiger partial charge in [0.25, 0.3) is 15.9 Å². The van der Waals surface area contributed by atoms with Crippen molar-refractivity contribution in [2.45, 2.75) is 44.4 Å². The predicted molar refractivity (Wildman–Crippen MR) is 155 cm³/mol. The van der Waals surface area contributed by atoms with E-state index in [1.54, 1.807) is 52.0 Å².